The van der Waals surface area contributed by atoms with E-state index < -0.39 is 12.0 Å². The SMILES string of the molecule is C=CCOc1c(I)cc(/C=c2\sc3n(c2=O)C(c2ccc4c(c2)OCO4)C(C(=O)OCC)=C(CCC)N=3)cc1I. The maximum absolute atomic E-state index is 14.0. The summed E-state index contributed by atoms with van der Waals surface area (Å²) in [5, 5.41) is 0. The Morgan fingerprint density at radius 1 is 1.20 bits per heavy atom. The second kappa shape index (κ2) is 12.5. The Morgan fingerprint density at radius 3 is 2.65 bits per heavy atom. The first-order valence-corrected chi connectivity index (χ1v) is 15.7. The number of hydrogen-bond donors (Lipinski definition) is 0. The number of hydrogen-bond acceptors (Lipinski definition) is 8. The average molecular weight is 784 g/mol. The number of aromatic nitrogens is 1. The molecule has 40 heavy (non-hydrogen) atoms. The molecule has 208 valence electrons. The predicted octanol–water partition coefficient (Wildman–Crippen LogP) is 5.08. The van der Waals surface area contributed by atoms with E-state index in [1.165, 1.54) is 11.3 Å². The smallest absolute Gasteiger partial charge is 0.338 e. The molecule has 0 N–H and O–H groups in total. The quantitative estimate of drug-likeness (QED) is 0.171. The standard InChI is InChI=1S/C29H26I2N2O6S/c1-4-7-20-24(28(35)36-6-3)25(17-8-9-21-22(14-17)39-15-38-21)33-27(34)23(40-29(33)32-20)13-16-11-18(30)26(19(31)12-16)37-10-5-2/h5,8-9,11-14,25H,2,4,6-7,10,15H2,1,3H3/b23-13-. The van der Waals surface area contributed by atoms with E-state index in [1.54, 1.807) is 23.6 Å². The van der Waals surface area contributed by atoms with Crippen LogP contribution in [0.2, 0.25) is 0 Å². The summed E-state index contributed by atoms with van der Waals surface area (Å²) in [6.07, 6.45) is 4.91. The van der Waals surface area contributed by atoms with Crippen molar-refractivity contribution in [3.8, 4) is 17.2 Å². The minimum atomic E-state index is -0.719. The molecule has 1 aromatic heterocycles. The number of ether oxygens (including phenoxy) is 4. The molecule has 0 amide bonds. The van der Waals surface area contributed by atoms with Crippen molar-refractivity contribution >= 4 is 68.6 Å². The third kappa shape index (κ3) is 5.59. The second-order valence-corrected chi connectivity index (χ2v) is 12.3. The number of thiazole rings is 1. The molecule has 11 heteroatoms. The summed E-state index contributed by atoms with van der Waals surface area (Å²) in [6.45, 7) is 8.25. The van der Waals surface area contributed by atoms with Gasteiger partial charge in [0.05, 0.1) is 35.6 Å². The van der Waals surface area contributed by atoms with E-state index in [-0.39, 0.29) is 19.0 Å². The highest BCUT2D eigenvalue weighted by Gasteiger charge is 2.35. The molecule has 8 nitrogen and oxygen atoms in total. The number of allylic oxidation sites excluding steroid dienone is 1. The molecule has 2 aromatic carbocycles. The Morgan fingerprint density at radius 2 is 1.95 bits per heavy atom. The maximum atomic E-state index is 14.0. The van der Waals surface area contributed by atoms with Gasteiger partial charge in [0.1, 0.15) is 12.4 Å². The Balaban J connectivity index is 1.70. The highest BCUT2D eigenvalue weighted by Crippen LogP contribution is 2.39. The van der Waals surface area contributed by atoms with Crippen LogP contribution in [0.4, 0.5) is 0 Å². The molecule has 3 heterocycles. The molecule has 0 aliphatic carbocycles. The van der Waals surface area contributed by atoms with Crippen LogP contribution in [0, 0.1) is 7.14 Å². The number of halogens is 2. The summed E-state index contributed by atoms with van der Waals surface area (Å²) in [7, 11) is 0. The molecule has 2 aliphatic rings. The lowest BCUT2D eigenvalue weighted by Gasteiger charge is -2.25. The van der Waals surface area contributed by atoms with Crippen LogP contribution in [0.1, 0.15) is 43.9 Å². The number of carbonyl (C=O) groups is 1. The second-order valence-electron chi connectivity index (χ2n) is 8.94. The Bertz CT molecular complexity index is 1680. The zero-order valence-electron chi connectivity index (χ0n) is 21.9. The molecule has 0 saturated carbocycles. The van der Waals surface area contributed by atoms with Crippen LogP contribution in [0.15, 0.2) is 64.0 Å². The Hall–Kier alpha value is -2.65. The molecule has 0 bridgehead atoms. The summed E-state index contributed by atoms with van der Waals surface area (Å²) in [5.74, 6) is 1.49. The van der Waals surface area contributed by atoms with Crippen molar-refractivity contribution in [3.05, 3.63) is 92.2 Å². The highest BCUT2D eigenvalue weighted by atomic mass is 127. The number of carbonyl (C=O) groups excluding carboxylic acids is 1. The first-order chi connectivity index (χ1) is 19.4. The number of esters is 1. The third-order valence-electron chi connectivity index (χ3n) is 6.27. The topological polar surface area (TPSA) is 88.3 Å². The average Bonchev–Trinajstić information content (AvgIpc) is 3.51. The van der Waals surface area contributed by atoms with E-state index in [0.717, 1.165) is 30.4 Å². The molecule has 0 spiro atoms. The maximum Gasteiger partial charge on any atom is 0.338 e. The van der Waals surface area contributed by atoms with Gasteiger partial charge < -0.3 is 18.9 Å². The van der Waals surface area contributed by atoms with Crippen molar-refractivity contribution in [2.45, 2.75) is 32.7 Å². The van der Waals surface area contributed by atoms with E-state index in [0.29, 0.717) is 45.1 Å². The van der Waals surface area contributed by atoms with Gasteiger partial charge in [-0.2, -0.15) is 0 Å². The Labute approximate surface area is 262 Å². The van der Waals surface area contributed by atoms with Crippen LogP contribution in [0.5, 0.6) is 17.2 Å². The summed E-state index contributed by atoms with van der Waals surface area (Å²) in [5.41, 5.74) is 2.35. The minimum Gasteiger partial charge on any atom is -0.487 e. The van der Waals surface area contributed by atoms with Gasteiger partial charge >= 0.3 is 5.97 Å². The fourth-order valence-corrected chi connectivity index (χ4v) is 7.76. The van der Waals surface area contributed by atoms with Crippen LogP contribution in [-0.2, 0) is 9.53 Å². The zero-order valence-corrected chi connectivity index (χ0v) is 27.0. The van der Waals surface area contributed by atoms with Crippen molar-refractivity contribution in [2.75, 3.05) is 20.0 Å². The fraction of sp³-hybridized carbons (Fsp3) is 0.276. The van der Waals surface area contributed by atoms with E-state index in [1.807, 2.05) is 37.3 Å². The molecule has 1 atom stereocenters. The van der Waals surface area contributed by atoms with Crippen LogP contribution in [-0.4, -0.2) is 30.5 Å². The van der Waals surface area contributed by atoms with Gasteiger partial charge in [0.15, 0.2) is 16.3 Å². The van der Waals surface area contributed by atoms with Crippen molar-refractivity contribution in [1.29, 1.82) is 0 Å². The summed E-state index contributed by atoms with van der Waals surface area (Å²) in [6, 6.07) is 8.71. The lowest BCUT2D eigenvalue weighted by molar-refractivity contribution is -0.139. The van der Waals surface area contributed by atoms with E-state index >= 15 is 0 Å². The molecular weight excluding hydrogens is 758 g/mol. The van der Waals surface area contributed by atoms with Gasteiger partial charge in [0.2, 0.25) is 6.79 Å². The zero-order chi connectivity index (χ0) is 28.4. The largest absolute Gasteiger partial charge is 0.487 e. The molecule has 1 unspecified atom stereocenters. The van der Waals surface area contributed by atoms with Gasteiger partial charge in [0, 0.05) is 0 Å². The number of benzene rings is 2. The van der Waals surface area contributed by atoms with Crippen molar-refractivity contribution in [1.82, 2.24) is 4.57 Å². The van der Waals surface area contributed by atoms with Crippen LogP contribution in [0.25, 0.3) is 6.08 Å². The molecule has 3 aromatic rings. The van der Waals surface area contributed by atoms with Crippen LogP contribution < -0.4 is 29.1 Å². The number of rotatable bonds is 9. The summed E-state index contributed by atoms with van der Waals surface area (Å²) >= 11 is 5.77. The van der Waals surface area contributed by atoms with E-state index in [2.05, 4.69) is 51.8 Å². The first kappa shape index (κ1) is 28.9. The summed E-state index contributed by atoms with van der Waals surface area (Å²) in [4.78, 5) is 32.7. The van der Waals surface area contributed by atoms with Crippen LogP contribution in [0.3, 0.4) is 0 Å². The van der Waals surface area contributed by atoms with Gasteiger partial charge in [-0.25, -0.2) is 9.79 Å². The first-order valence-electron chi connectivity index (χ1n) is 12.7. The summed E-state index contributed by atoms with van der Waals surface area (Å²) < 4.78 is 26.4. The minimum absolute atomic E-state index is 0.123. The Kier molecular flexibility index (Phi) is 9.00. The molecule has 0 fully saturated rings. The molecule has 0 saturated heterocycles. The van der Waals surface area contributed by atoms with Gasteiger partial charge in [-0.3, -0.25) is 9.36 Å². The predicted molar refractivity (Wildman–Crippen MR) is 170 cm³/mol. The lowest BCUT2D eigenvalue weighted by atomic mass is 9.94. The fourth-order valence-electron chi connectivity index (χ4n) is 4.61. The molecule has 5 rings (SSSR count). The lowest BCUT2D eigenvalue weighted by Crippen LogP contribution is -2.40. The van der Waals surface area contributed by atoms with Crippen molar-refractivity contribution in [2.24, 2.45) is 4.99 Å². The van der Waals surface area contributed by atoms with E-state index in [9.17, 15) is 9.59 Å². The number of fused-ring (bicyclic) bond motifs is 2. The van der Waals surface area contributed by atoms with Crippen molar-refractivity contribution in [3.63, 3.8) is 0 Å². The van der Waals surface area contributed by atoms with Crippen molar-refractivity contribution < 1.29 is 23.7 Å². The van der Waals surface area contributed by atoms with Gasteiger partial charge in [-0.15, -0.1) is 0 Å². The van der Waals surface area contributed by atoms with Gasteiger partial charge in [-0.05, 0) is 100.0 Å². The molecular formula is C29H26I2N2O6S. The normalized spacial score (nSPS) is 16.0. The highest BCUT2D eigenvalue weighted by molar-refractivity contribution is 14.1. The van der Waals surface area contributed by atoms with Crippen LogP contribution >= 0.6 is 56.5 Å². The van der Waals surface area contributed by atoms with Gasteiger partial charge in [0.25, 0.3) is 5.56 Å². The third-order valence-corrected chi connectivity index (χ3v) is 8.85. The number of nitrogens with zero attached hydrogens (tertiary/aromatic N) is 2. The monoisotopic (exact) mass is 784 g/mol. The van der Waals surface area contributed by atoms with Gasteiger partial charge in [-0.1, -0.05) is 43.4 Å². The molecule has 2 aliphatic heterocycles. The van der Waals surface area contributed by atoms with E-state index in [4.69, 9.17) is 23.9 Å². The molecule has 0 radical (unpaired) electrons.